The molecule has 0 amide bonds. The minimum atomic E-state index is -3.45. The van der Waals surface area contributed by atoms with Crippen molar-refractivity contribution in [2.75, 3.05) is 13.4 Å². The summed E-state index contributed by atoms with van der Waals surface area (Å²) in [7, 11) is -1.87. The molecule has 24 heavy (non-hydrogen) atoms. The summed E-state index contributed by atoms with van der Waals surface area (Å²) in [5.41, 5.74) is 1.90. The van der Waals surface area contributed by atoms with Crippen LogP contribution in [0.15, 0.2) is 65.7 Å². The van der Waals surface area contributed by atoms with Crippen molar-refractivity contribution in [1.29, 1.82) is 0 Å². The molecule has 0 radical (unpaired) electrons. The highest BCUT2D eigenvalue weighted by Gasteiger charge is 2.18. The van der Waals surface area contributed by atoms with Crippen LogP contribution in [0.2, 0.25) is 0 Å². The first-order valence-corrected chi connectivity index (χ1v) is 9.15. The SMILES string of the molecule is COc1ccc(-c2nc(-c3ccccc3)ncc2S(C)(=O)=O)cc1. The third-order valence-corrected chi connectivity index (χ3v) is 4.65. The lowest BCUT2D eigenvalue weighted by Crippen LogP contribution is -2.04. The van der Waals surface area contributed by atoms with Crippen LogP contribution >= 0.6 is 0 Å². The van der Waals surface area contributed by atoms with E-state index in [1.54, 1.807) is 31.4 Å². The summed E-state index contributed by atoms with van der Waals surface area (Å²) in [6.07, 6.45) is 2.52. The second kappa shape index (κ2) is 6.41. The summed E-state index contributed by atoms with van der Waals surface area (Å²) in [5, 5.41) is 0. The van der Waals surface area contributed by atoms with Crippen LogP contribution < -0.4 is 4.74 Å². The first kappa shape index (κ1) is 16.1. The van der Waals surface area contributed by atoms with Gasteiger partial charge in [0.05, 0.1) is 19.0 Å². The first-order valence-electron chi connectivity index (χ1n) is 7.26. The Kier molecular flexibility index (Phi) is 4.31. The minimum absolute atomic E-state index is 0.104. The molecule has 1 aromatic heterocycles. The van der Waals surface area contributed by atoms with E-state index in [9.17, 15) is 8.42 Å². The Morgan fingerprint density at radius 2 is 1.58 bits per heavy atom. The van der Waals surface area contributed by atoms with E-state index >= 15 is 0 Å². The molecule has 2 aromatic carbocycles. The maximum Gasteiger partial charge on any atom is 0.179 e. The van der Waals surface area contributed by atoms with Crippen molar-refractivity contribution in [1.82, 2.24) is 9.97 Å². The fourth-order valence-corrected chi connectivity index (χ4v) is 3.08. The van der Waals surface area contributed by atoms with Gasteiger partial charge in [-0.3, -0.25) is 0 Å². The Bertz CT molecular complexity index is 953. The molecule has 0 aliphatic heterocycles. The van der Waals surface area contributed by atoms with E-state index in [4.69, 9.17) is 4.74 Å². The zero-order valence-corrected chi connectivity index (χ0v) is 14.1. The highest BCUT2D eigenvalue weighted by atomic mass is 32.2. The van der Waals surface area contributed by atoms with Gasteiger partial charge >= 0.3 is 0 Å². The van der Waals surface area contributed by atoms with E-state index in [2.05, 4.69) is 9.97 Å². The lowest BCUT2D eigenvalue weighted by Gasteiger charge is -2.10. The van der Waals surface area contributed by atoms with Gasteiger partial charge in [-0.1, -0.05) is 30.3 Å². The van der Waals surface area contributed by atoms with Crippen molar-refractivity contribution >= 4 is 9.84 Å². The Morgan fingerprint density at radius 1 is 0.917 bits per heavy atom. The average Bonchev–Trinajstić information content (AvgIpc) is 2.61. The van der Waals surface area contributed by atoms with Crippen LogP contribution in [0.1, 0.15) is 0 Å². The van der Waals surface area contributed by atoms with Crippen LogP contribution in [0.3, 0.4) is 0 Å². The van der Waals surface area contributed by atoms with E-state index in [1.165, 1.54) is 6.20 Å². The maximum atomic E-state index is 12.1. The van der Waals surface area contributed by atoms with Gasteiger partial charge in [0.2, 0.25) is 0 Å². The molecule has 122 valence electrons. The molecule has 0 saturated heterocycles. The maximum absolute atomic E-state index is 12.1. The van der Waals surface area contributed by atoms with Crippen molar-refractivity contribution < 1.29 is 13.2 Å². The second-order valence-corrected chi connectivity index (χ2v) is 7.26. The highest BCUT2D eigenvalue weighted by molar-refractivity contribution is 7.90. The van der Waals surface area contributed by atoms with Crippen LogP contribution in [-0.4, -0.2) is 31.8 Å². The molecule has 0 aliphatic carbocycles. The Hall–Kier alpha value is -2.73. The van der Waals surface area contributed by atoms with E-state index in [-0.39, 0.29) is 4.90 Å². The molecule has 0 aliphatic rings. The van der Waals surface area contributed by atoms with Gasteiger partial charge in [-0.25, -0.2) is 18.4 Å². The predicted octanol–water partition coefficient (Wildman–Crippen LogP) is 3.22. The van der Waals surface area contributed by atoms with Crippen molar-refractivity contribution in [3.8, 4) is 28.4 Å². The molecule has 6 heteroatoms. The Balaban J connectivity index is 2.19. The summed E-state index contributed by atoms with van der Waals surface area (Å²) in [6, 6.07) is 16.5. The van der Waals surface area contributed by atoms with Crippen LogP contribution in [-0.2, 0) is 9.84 Å². The second-order valence-electron chi connectivity index (χ2n) is 5.27. The van der Waals surface area contributed by atoms with E-state index < -0.39 is 9.84 Å². The monoisotopic (exact) mass is 340 g/mol. The van der Waals surface area contributed by atoms with E-state index in [0.717, 1.165) is 11.8 Å². The molecular weight excluding hydrogens is 324 g/mol. The van der Waals surface area contributed by atoms with Gasteiger partial charge < -0.3 is 4.74 Å². The summed E-state index contributed by atoms with van der Waals surface area (Å²) < 4.78 is 29.3. The third-order valence-electron chi connectivity index (χ3n) is 3.55. The number of benzene rings is 2. The van der Waals surface area contributed by atoms with Gasteiger partial charge in [0.25, 0.3) is 0 Å². The predicted molar refractivity (Wildman–Crippen MR) is 92.6 cm³/mol. The molecule has 1 heterocycles. The van der Waals surface area contributed by atoms with Crippen molar-refractivity contribution in [2.24, 2.45) is 0 Å². The normalized spacial score (nSPS) is 11.2. The third kappa shape index (κ3) is 3.28. The number of sulfone groups is 1. The number of aromatic nitrogens is 2. The van der Waals surface area contributed by atoms with Crippen molar-refractivity contribution in [3.63, 3.8) is 0 Å². The highest BCUT2D eigenvalue weighted by Crippen LogP contribution is 2.28. The largest absolute Gasteiger partial charge is 0.497 e. The Morgan fingerprint density at radius 3 is 2.17 bits per heavy atom. The van der Waals surface area contributed by atoms with Crippen molar-refractivity contribution in [2.45, 2.75) is 4.90 Å². The fraction of sp³-hybridized carbons (Fsp3) is 0.111. The smallest absolute Gasteiger partial charge is 0.179 e. The lowest BCUT2D eigenvalue weighted by atomic mass is 10.1. The molecule has 0 N–H and O–H groups in total. The number of methoxy groups -OCH3 is 1. The van der Waals surface area contributed by atoms with Gasteiger partial charge in [0.1, 0.15) is 10.6 Å². The summed E-state index contributed by atoms with van der Waals surface area (Å²) in [6.45, 7) is 0. The van der Waals surface area contributed by atoms with Gasteiger partial charge in [0, 0.05) is 17.4 Å². The zero-order valence-electron chi connectivity index (χ0n) is 13.3. The number of hydrogen-bond acceptors (Lipinski definition) is 5. The van der Waals surface area contributed by atoms with Gasteiger partial charge in [-0.15, -0.1) is 0 Å². The van der Waals surface area contributed by atoms with Crippen LogP contribution in [0.4, 0.5) is 0 Å². The van der Waals surface area contributed by atoms with Crippen molar-refractivity contribution in [3.05, 3.63) is 60.8 Å². The van der Waals surface area contributed by atoms with Gasteiger partial charge in [-0.2, -0.15) is 0 Å². The molecular formula is C18H16N2O3S. The molecule has 3 aromatic rings. The molecule has 0 bridgehead atoms. The van der Waals surface area contributed by atoms with Crippen LogP contribution in [0.25, 0.3) is 22.6 Å². The standard InChI is InChI=1S/C18H16N2O3S/c1-23-15-10-8-13(9-11-15)17-16(24(2,21)22)12-19-18(20-17)14-6-4-3-5-7-14/h3-12H,1-2H3. The Labute approximate surface area is 140 Å². The topological polar surface area (TPSA) is 69.2 Å². The molecule has 3 rings (SSSR count). The quantitative estimate of drug-likeness (QED) is 0.729. The fourth-order valence-electron chi connectivity index (χ4n) is 2.32. The first-order chi connectivity index (χ1) is 11.5. The number of nitrogens with zero attached hydrogens (tertiary/aromatic N) is 2. The minimum Gasteiger partial charge on any atom is -0.497 e. The van der Waals surface area contributed by atoms with Crippen LogP contribution in [0.5, 0.6) is 5.75 Å². The molecule has 5 nitrogen and oxygen atoms in total. The summed E-state index contributed by atoms with van der Waals surface area (Å²) in [4.78, 5) is 8.83. The summed E-state index contributed by atoms with van der Waals surface area (Å²) >= 11 is 0. The molecule has 0 saturated carbocycles. The van der Waals surface area contributed by atoms with Gasteiger partial charge in [-0.05, 0) is 24.3 Å². The molecule has 0 spiro atoms. The summed E-state index contributed by atoms with van der Waals surface area (Å²) in [5.74, 6) is 1.17. The number of hydrogen-bond donors (Lipinski definition) is 0. The van der Waals surface area contributed by atoms with Gasteiger partial charge in [0.15, 0.2) is 15.7 Å². The van der Waals surface area contributed by atoms with Crippen LogP contribution in [0, 0.1) is 0 Å². The molecule has 0 fully saturated rings. The lowest BCUT2D eigenvalue weighted by molar-refractivity contribution is 0.415. The van der Waals surface area contributed by atoms with E-state index in [0.29, 0.717) is 22.8 Å². The number of rotatable bonds is 4. The average molecular weight is 340 g/mol. The molecule has 0 unspecified atom stereocenters. The zero-order chi connectivity index (χ0) is 17.2. The molecule has 0 atom stereocenters. The van der Waals surface area contributed by atoms with E-state index in [1.807, 2.05) is 30.3 Å². The number of ether oxygens (including phenoxy) is 1.